The maximum Gasteiger partial charge on any atom is 0.261 e. The molecular formula is C29H32N2O4S. The highest BCUT2D eigenvalue weighted by molar-refractivity contribution is 7.92. The second-order valence-corrected chi connectivity index (χ2v) is 11.8. The molecule has 2 heterocycles. The number of aryl methyl sites for hydroxylation is 2. The van der Waals surface area contributed by atoms with Crippen LogP contribution < -0.4 is 10.0 Å². The van der Waals surface area contributed by atoms with E-state index in [4.69, 9.17) is 4.74 Å². The van der Waals surface area contributed by atoms with Gasteiger partial charge in [-0.2, -0.15) is 0 Å². The number of rotatable bonds is 6. The monoisotopic (exact) mass is 504 g/mol. The number of sulfonamides is 1. The van der Waals surface area contributed by atoms with E-state index in [0.717, 1.165) is 39.9 Å². The zero-order valence-corrected chi connectivity index (χ0v) is 21.9. The van der Waals surface area contributed by atoms with Crippen LogP contribution in [0, 0.1) is 25.7 Å². The van der Waals surface area contributed by atoms with Crippen LogP contribution in [0.25, 0.3) is 0 Å². The minimum atomic E-state index is -3.76. The van der Waals surface area contributed by atoms with Crippen molar-refractivity contribution in [3.05, 3.63) is 88.5 Å². The molecule has 7 heteroatoms. The van der Waals surface area contributed by atoms with E-state index >= 15 is 0 Å². The lowest BCUT2D eigenvalue weighted by Crippen LogP contribution is -2.29. The summed E-state index contributed by atoms with van der Waals surface area (Å²) >= 11 is 0. The van der Waals surface area contributed by atoms with Crippen LogP contribution in [-0.2, 0) is 14.8 Å². The van der Waals surface area contributed by atoms with Gasteiger partial charge in [0, 0.05) is 40.9 Å². The highest BCUT2D eigenvalue weighted by atomic mass is 32.2. The van der Waals surface area contributed by atoms with Crippen molar-refractivity contribution in [2.45, 2.75) is 51.2 Å². The molecular weight excluding hydrogens is 472 g/mol. The number of hydrogen-bond acceptors (Lipinski definition) is 5. The SMILES string of the molecule is Cc1ccc(NS(=O)(=O)c2ccc3c(c2)[C@@H]2OCC[C@@H]2[C@H](c2ccc(C(=O)C(C)C)cc2)N3)cc1C. The summed E-state index contributed by atoms with van der Waals surface area (Å²) in [6.45, 7) is 8.38. The van der Waals surface area contributed by atoms with Gasteiger partial charge in [-0.25, -0.2) is 8.42 Å². The predicted molar refractivity (Wildman–Crippen MR) is 142 cm³/mol. The van der Waals surface area contributed by atoms with E-state index in [1.54, 1.807) is 18.2 Å². The molecule has 6 nitrogen and oxygen atoms in total. The second kappa shape index (κ2) is 9.37. The molecule has 36 heavy (non-hydrogen) atoms. The summed E-state index contributed by atoms with van der Waals surface area (Å²) in [5.74, 6) is 0.252. The van der Waals surface area contributed by atoms with Crippen LogP contribution in [0.4, 0.5) is 11.4 Å². The van der Waals surface area contributed by atoms with Crippen LogP contribution >= 0.6 is 0 Å². The first-order valence-electron chi connectivity index (χ1n) is 12.4. The molecule has 2 aliphatic rings. The maximum absolute atomic E-state index is 13.2. The van der Waals surface area contributed by atoms with Crippen molar-refractivity contribution in [2.24, 2.45) is 11.8 Å². The van der Waals surface area contributed by atoms with Crippen LogP contribution in [0.2, 0.25) is 0 Å². The average molecular weight is 505 g/mol. The molecule has 0 aromatic heterocycles. The lowest BCUT2D eigenvalue weighted by atomic mass is 9.81. The van der Waals surface area contributed by atoms with E-state index < -0.39 is 10.0 Å². The Bertz CT molecular complexity index is 1410. The second-order valence-electron chi connectivity index (χ2n) is 10.2. The highest BCUT2D eigenvalue weighted by Crippen LogP contribution is 2.50. The van der Waals surface area contributed by atoms with Gasteiger partial charge in [-0.05, 0) is 67.3 Å². The standard InChI is InChI=1S/C29H32N2O4S/c1-17(2)28(32)21-8-6-20(7-9-21)27-24-13-14-35-29(24)25-16-23(11-12-26(25)30-27)36(33,34)31-22-10-5-18(3)19(4)15-22/h5-12,15-17,24,27,29-31H,13-14H2,1-4H3/t24-,27+,29-/m1/s1. The van der Waals surface area contributed by atoms with Crippen molar-refractivity contribution in [2.75, 3.05) is 16.6 Å². The predicted octanol–water partition coefficient (Wildman–Crippen LogP) is 6.19. The molecule has 1 saturated heterocycles. The zero-order valence-electron chi connectivity index (χ0n) is 21.0. The van der Waals surface area contributed by atoms with E-state index in [1.165, 1.54) is 0 Å². The summed E-state index contributed by atoms with van der Waals surface area (Å²) in [5.41, 5.74) is 6.23. The average Bonchev–Trinajstić information content (AvgIpc) is 3.35. The van der Waals surface area contributed by atoms with Crippen LogP contribution in [0.15, 0.2) is 65.6 Å². The van der Waals surface area contributed by atoms with Gasteiger partial charge in [-0.3, -0.25) is 9.52 Å². The van der Waals surface area contributed by atoms with Crippen molar-refractivity contribution in [3.8, 4) is 0 Å². The number of ether oxygens (including phenoxy) is 1. The van der Waals surface area contributed by atoms with Gasteiger partial charge >= 0.3 is 0 Å². The quantitative estimate of drug-likeness (QED) is 0.391. The van der Waals surface area contributed by atoms with Gasteiger partial charge in [0.25, 0.3) is 10.0 Å². The molecule has 0 unspecified atom stereocenters. The molecule has 0 radical (unpaired) electrons. The normalized spacial score (nSPS) is 21.0. The third-order valence-electron chi connectivity index (χ3n) is 7.35. The van der Waals surface area contributed by atoms with Gasteiger partial charge < -0.3 is 10.1 Å². The van der Waals surface area contributed by atoms with E-state index in [-0.39, 0.29) is 34.7 Å². The van der Waals surface area contributed by atoms with E-state index in [2.05, 4.69) is 10.0 Å². The van der Waals surface area contributed by atoms with Gasteiger partial charge in [-0.15, -0.1) is 0 Å². The lowest BCUT2D eigenvalue weighted by Gasteiger charge is -2.36. The molecule has 0 amide bonds. The van der Waals surface area contributed by atoms with Crippen molar-refractivity contribution in [1.82, 2.24) is 0 Å². The number of ketones is 1. The fourth-order valence-electron chi connectivity index (χ4n) is 5.15. The maximum atomic E-state index is 13.2. The first-order valence-corrected chi connectivity index (χ1v) is 13.9. The Hall–Kier alpha value is -3.16. The third kappa shape index (κ3) is 4.53. The molecule has 0 aliphatic carbocycles. The molecule has 5 rings (SSSR count). The number of carbonyl (C=O) groups is 1. The topological polar surface area (TPSA) is 84.5 Å². The summed E-state index contributed by atoms with van der Waals surface area (Å²) in [4.78, 5) is 12.6. The number of Topliss-reactive ketones (excluding diaryl/α,β-unsaturated/α-hetero) is 1. The summed E-state index contributed by atoms with van der Waals surface area (Å²) in [5, 5.41) is 3.62. The van der Waals surface area contributed by atoms with Crippen LogP contribution in [0.1, 0.15) is 65.0 Å². The fraction of sp³-hybridized carbons (Fsp3) is 0.345. The number of carbonyl (C=O) groups excluding carboxylic acids is 1. The Morgan fingerprint density at radius 2 is 1.75 bits per heavy atom. The van der Waals surface area contributed by atoms with Crippen molar-refractivity contribution in [3.63, 3.8) is 0 Å². The molecule has 3 atom stereocenters. The van der Waals surface area contributed by atoms with Gasteiger partial charge in [-0.1, -0.05) is 44.2 Å². The van der Waals surface area contributed by atoms with E-state index in [1.807, 2.05) is 70.2 Å². The first kappa shape index (κ1) is 24.5. The Morgan fingerprint density at radius 1 is 1.00 bits per heavy atom. The number of nitrogens with one attached hydrogen (secondary N) is 2. The Balaban J connectivity index is 1.43. The van der Waals surface area contributed by atoms with E-state index in [9.17, 15) is 13.2 Å². The van der Waals surface area contributed by atoms with Crippen LogP contribution in [0.5, 0.6) is 0 Å². The molecule has 2 aliphatic heterocycles. The van der Waals surface area contributed by atoms with Gasteiger partial charge in [0.2, 0.25) is 0 Å². The van der Waals surface area contributed by atoms with Crippen molar-refractivity contribution >= 4 is 27.2 Å². The molecule has 3 aromatic rings. The largest absolute Gasteiger partial charge is 0.378 e. The van der Waals surface area contributed by atoms with Gasteiger partial charge in [0.05, 0.1) is 17.0 Å². The lowest BCUT2D eigenvalue weighted by molar-refractivity contribution is 0.0827. The summed E-state index contributed by atoms with van der Waals surface area (Å²) in [6, 6.07) is 18.6. The Labute approximate surface area is 213 Å². The molecule has 188 valence electrons. The minimum Gasteiger partial charge on any atom is -0.378 e. The Kier molecular flexibility index (Phi) is 6.39. The third-order valence-corrected chi connectivity index (χ3v) is 8.73. The number of hydrogen-bond donors (Lipinski definition) is 2. The molecule has 0 spiro atoms. The zero-order chi connectivity index (χ0) is 25.6. The molecule has 0 saturated carbocycles. The Morgan fingerprint density at radius 3 is 2.44 bits per heavy atom. The summed E-state index contributed by atoms with van der Waals surface area (Å²) < 4.78 is 35.2. The highest BCUT2D eigenvalue weighted by Gasteiger charge is 2.42. The van der Waals surface area contributed by atoms with Crippen molar-refractivity contribution in [1.29, 1.82) is 0 Å². The van der Waals surface area contributed by atoms with Crippen LogP contribution in [-0.4, -0.2) is 20.8 Å². The summed E-state index contributed by atoms with van der Waals surface area (Å²) in [6.07, 6.45) is 0.673. The number of anilines is 2. The molecule has 2 N–H and O–H groups in total. The van der Waals surface area contributed by atoms with Gasteiger partial charge in [0.15, 0.2) is 5.78 Å². The van der Waals surface area contributed by atoms with Gasteiger partial charge in [0.1, 0.15) is 0 Å². The molecule has 3 aromatic carbocycles. The molecule has 1 fully saturated rings. The van der Waals surface area contributed by atoms with E-state index in [0.29, 0.717) is 12.3 Å². The fourth-order valence-corrected chi connectivity index (χ4v) is 6.24. The number of benzene rings is 3. The smallest absolute Gasteiger partial charge is 0.261 e. The van der Waals surface area contributed by atoms with Crippen molar-refractivity contribution < 1.29 is 17.9 Å². The minimum absolute atomic E-state index is 0.0179. The molecule has 0 bridgehead atoms. The van der Waals surface area contributed by atoms with Crippen LogP contribution in [0.3, 0.4) is 0 Å². The first-order chi connectivity index (χ1) is 17.1. The summed E-state index contributed by atoms with van der Waals surface area (Å²) in [7, 11) is -3.76. The number of fused-ring (bicyclic) bond motifs is 3.